The predicted molar refractivity (Wildman–Crippen MR) is 71.8 cm³/mol. The number of halogens is 2. The lowest BCUT2D eigenvalue weighted by Crippen LogP contribution is -2.02. The van der Waals surface area contributed by atoms with Gasteiger partial charge in [0.15, 0.2) is 0 Å². The Balaban J connectivity index is 2.34. The Labute approximate surface area is 109 Å². The van der Waals surface area contributed by atoms with Crippen molar-refractivity contribution in [3.05, 3.63) is 57.1 Å². The second-order valence-electron chi connectivity index (χ2n) is 4.39. The first-order valence-electron chi connectivity index (χ1n) is 5.56. The molecule has 2 aromatic rings. The summed E-state index contributed by atoms with van der Waals surface area (Å²) >= 11 is 3.27. The van der Waals surface area contributed by atoms with Crippen LogP contribution in [0.15, 0.2) is 28.9 Å². The summed E-state index contributed by atoms with van der Waals surface area (Å²) in [5, 5.41) is 0. The number of nitrogens with zero attached hydrogens (tertiary/aromatic N) is 1. The fourth-order valence-electron chi connectivity index (χ4n) is 1.93. The van der Waals surface area contributed by atoms with Crippen molar-refractivity contribution in [2.24, 2.45) is 0 Å². The summed E-state index contributed by atoms with van der Waals surface area (Å²) < 4.78 is 16.6. The van der Waals surface area contributed by atoms with Gasteiger partial charge >= 0.3 is 0 Å². The van der Waals surface area contributed by atoms with Gasteiger partial charge in [0.2, 0.25) is 0 Å². The van der Waals surface area contributed by atoms with Crippen molar-refractivity contribution in [1.82, 2.24) is 4.57 Å². The monoisotopic (exact) mass is 295 g/mol. The van der Waals surface area contributed by atoms with E-state index in [0.29, 0.717) is 12.1 Å². The third-order valence-electron chi connectivity index (χ3n) is 3.27. The van der Waals surface area contributed by atoms with Crippen LogP contribution in [0.3, 0.4) is 0 Å². The van der Waals surface area contributed by atoms with Crippen LogP contribution in [0.2, 0.25) is 0 Å². The van der Waals surface area contributed by atoms with Gasteiger partial charge in [-0.1, -0.05) is 22.0 Å². The molecule has 17 heavy (non-hydrogen) atoms. The van der Waals surface area contributed by atoms with Crippen LogP contribution in [0.4, 0.5) is 4.39 Å². The van der Waals surface area contributed by atoms with Gasteiger partial charge in [0.25, 0.3) is 0 Å². The van der Waals surface area contributed by atoms with Crippen LogP contribution >= 0.6 is 15.9 Å². The van der Waals surface area contributed by atoms with Crippen molar-refractivity contribution in [1.29, 1.82) is 0 Å². The smallest absolute Gasteiger partial charge is 0.129 e. The Hall–Kier alpha value is -1.09. The van der Waals surface area contributed by atoms with Crippen molar-refractivity contribution < 1.29 is 4.39 Å². The normalized spacial score (nSPS) is 10.9. The highest BCUT2D eigenvalue weighted by atomic mass is 79.9. The molecule has 3 heteroatoms. The van der Waals surface area contributed by atoms with E-state index in [9.17, 15) is 4.39 Å². The highest BCUT2D eigenvalue weighted by molar-refractivity contribution is 9.10. The second kappa shape index (κ2) is 4.65. The van der Waals surface area contributed by atoms with E-state index >= 15 is 0 Å². The number of rotatable bonds is 2. The minimum absolute atomic E-state index is 0.164. The van der Waals surface area contributed by atoms with E-state index in [1.54, 1.807) is 0 Å². The number of aromatic nitrogens is 1. The van der Waals surface area contributed by atoms with Crippen LogP contribution in [0.25, 0.3) is 0 Å². The van der Waals surface area contributed by atoms with E-state index in [1.807, 2.05) is 12.1 Å². The first-order chi connectivity index (χ1) is 7.99. The third-order valence-corrected chi connectivity index (χ3v) is 3.76. The van der Waals surface area contributed by atoms with Crippen molar-refractivity contribution in [3.8, 4) is 0 Å². The SMILES string of the molecule is Cc1cn(Cc2ccc(Br)cc2F)c(C)c1C. The lowest BCUT2D eigenvalue weighted by atomic mass is 10.2. The summed E-state index contributed by atoms with van der Waals surface area (Å²) in [5.74, 6) is -0.164. The Kier molecular flexibility index (Phi) is 3.38. The highest BCUT2D eigenvalue weighted by Gasteiger charge is 2.08. The Morgan fingerprint density at radius 1 is 1.24 bits per heavy atom. The number of benzene rings is 1. The molecule has 2 rings (SSSR count). The van der Waals surface area contributed by atoms with Crippen LogP contribution in [0, 0.1) is 26.6 Å². The zero-order valence-electron chi connectivity index (χ0n) is 10.2. The maximum Gasteiger partial charge on any atom is 0.129 e. The second-order valence-corrected chi connectivity index (χ2v) is 5.30. The van der Waals surface area contributed by atoms with E-state index < -0.39 is 0 Å². The summed E-state index contributed by atoms with van der Waals surface area (Å²) in [6, 6.07) is 5.20. The summed E-state index contributed by atoms with van der Waals surface area (Å²) in [7, 11) is 0. The predicted octanol–water partition coefficient (Wildman–Crippen LogP) is 4.36. The van der Waals surface area contributed by atoms with Gasteiger partial charge in [0.1, 0.15) is 5.82 Å². The molecule has 90 valence electrons. The Morgan fingerprint density at radius 2 is 1.94 bits per heavy atom. The molecular weight excluding hydrogens is 281 g/mol. The lowest BCUT2D eigenvalue weighted by molar-refractivity contribution is 0.597. The molecule has 1 heterocycles. The van der Waals surface area contributed by atoms with Gasteiger partial charge in [-0.25, -0.2) is 4.39 Å². The topological polar surface area (TPSA) is 4.93 Å². The molecule has 0 saturated heterocycles. The molecule has 0 fully saturated rings. The molecule has 0 aliphatic carbocycles. The summed E-state index contributed by atoms with van der Waals surface area (Å²) in [6.07, 6.45) is 2.08. The van der Waals surface area contributed by atoms with Crippen molar-refractivity contribution in [2.45, 2.75) is 27.3 Å². The van der Waals surface area contributed by atoms with Gasteiger partial charge in [0.05, 0.1) is 6.54 Å². The third kappa shape index (κ3) is 2.44. The minimum Gasteiger partial charge on any atom is -0.347 e. The molecule has 1 aromatic carbocycles. The largest absolute Gasteiger partial charge is 0.347 e. The Morgan fingerprint density at radius 3 is 2.47 bits per heavy atom. The van der Waals surface area contributed by atoms with Crippen molar-refractivity contribution >= 4 is 15.9 Å². The van der Waals surface area contributed by atoms with Crippen molar-refractivity contribution in [2.75, 3.05) is 0 Å². The lowest BCUT2D eigenvalue weighted by Gasteiger charge is -2.08. The van der Waals surface area contributed by atoms with Crippen LogP contribution < -0.4 is 0 Å². The average Bonchev–Trinajstić information content (AvgIpc) is 2.50. The van der Waals surface area contributed by atoms with Gasteiger partial charge in [-0.05, 0) is 44.0 Å². The molecule has 0 saturated carbocycles. The van der Waals surface area contributed by atoms with E-state index in [1.165, 1.54) is 22.9 Å². The fourth-order valence-corrected chi connectivity index (χ4v) is 2.26. The van der Waals surface area contributed by atoms with Crippen LogP contribution in [-0.4, -0.2) is 4.57 Å². The molecular formula is C14H15BrFN. The maximum absolute atomic E-state index is 13.7. The molecule has 0 unspecified atom stereocenters. The van der Waals surface area contributed by atoms with E-state index in [2.05, 4.69) is 47.5 Å². The highest BCUT2D eigenvalue weighted by Crippen LogP contribution is 2.19. The number of hydrogen-bond acceptors (Lipinski definition) is 0. The zero-order valence-corrected chi connectivity index (χ0v) is 11.8. The molecule has 0 N–H and O–H groups in total. The minimum atomic E-state index is -0.164. The summed E-state index contributed by atoms with van der Waals surface area (Å²) in [4.78, 5) is 0. The van der Waals surface area contributed by atoms with Crippen molar-refractivity contribution in [3.63, 3.8) is 0 Å². The number of hydrogen-bond donors (Lipinski definition) is 0. The van der Waals surface area contributed by atoms with Gasteiger partial charge < -0.3 is 4.57 Å². The van der Waals surface area contributed by atoms with Crippen LogP contribution in [0.5, 0.6) is 0 Å². The fraction of sp³-hybridized carbons (Fsp3) is 0.286. The molecule has 0 atom stereocenters. The first kappa shape index (κ1) is 12.4. The van der Waals surface area contributed by atoms with E-state index in [0.717, 1.165) is 4.47 Å². The maximum atomic E-state index is 13.7. The van der Waals surface area contributed by atoms with Gasteiger partial charge in [0, 0.05) is 21.9 Å². The van der Waals surface area contributed by atoms with Crippen LogP contribution in [0.1, 0.15) is 22.4 Å². The molecule has 1 aromatic heterocycles. The van der Waals surface area contributed by atoms with Gasteiger partial charge in [-0.2, -0.15) is 0 Å². The molecule has 0 amide bonds. The molecule has 0 aliphatic rings. The molecule has 0 radical (unpaired) electrons. The Bertz CT molecular complexity index is 558. The van der Waals surface area contributed by atoms with Gasteiger partial charge in [-0.15, -0.1) is 0 Å². The molecule has 1 nitrogen and oxygen atoms in total. The average molecular weight is 296 g/mol. The molecule has 0 aliphatic heterocycles. The summed E-state index contributed by atoms with van der Waals surface area (Å²) in [6.45, 7) is 6.83. The molecule has 0 bridgehead atoms. The van der Waals surface area contributed by atoms with E-state index in [-0.39, 0.29) is 5.82 Å². The van der Waals surface area contributed by atoms with Gasteiger partial charge in [-0.3, -0.25) is 0 Å². The number of aryl methyl sites for hydroxylation is 1. The van der Waals surface area contributed by atoms with Crippen LogP contribution in [-0.2, 0) is 6.54 Å². The zero-order chi connectivity index (χ0) is 12.6. The van der Waals surface area contributed by atoms with E-state index in [4.69, 9.17) is 0 Å². The molecule has 0 spiro atoms. The summed E-state index contributed by atoms with van der Waals surface area (Å²) in [5.41, 5.74) is 4.44. The quantitative estimate of drug-likeness (QED) is 0.776. The standard InChI is InChI=1S/C14H15BrFN/c1-9-7-17(11(3)10(9)2)8-12-4-5-13(15)6-14(12)16/h4-7H,8H2,1-3H3. The first-order valence-corrected chi connectivity index (χ1v) is 6.35.